The predicted octanol–water partition coefficient (Wildman–Crippen LogP) is 3.49. The minimum Gasteiger partial charge on any atom is -0.296 e. The number of rotatable bonds is 2. The second-order valence-corrected chi connectivity index (χ2v) is 5.20. The molecule has 0 radical (unpaired) electrons. The third-order valence-corrected chi connectivity index (χ3v) is 3.16. The summed E-state index contributed by atoms with van der Waals surface area (Å²) in [6, 6.07) is 3.77. The zero-order valence-corrected chi connectivity index (χ0v) is 9.86. The van der Waals surface area contributed by atoms with E-state index in [9.17, 15) is 4.79 Å². The van der Waals surface area contributed by atoms with Gasteiger partial charge >= 0.3 is 0 Å². The molecule has 0 fully saturated rings. The number of pyridine rings is 1. The van der Waals surface area contributed by atoms with Gasteiger partial charge in [0.15, 0.2) is 6.29 Å². The monoisotopic (exact) mass is 215 g/mol. The third-order valence-electron chi connectivity index (χ3n) is 3.16. The highest BCUT2D eigenvalue weighted by atomic mass is 16.1. The molecular weight excluding hydrogens is 198 g/mol. The Kier molecular flexibility index (Phi) is 2.90. The Morgan fingerprint density at radius 2 is 2.19 bits per heavy atom. The average molecular weight is 215 g/mol. The fourth-order valence-electron chi connectivity index (χ4n) is 2.20. The Bertz CT molecular complexity index is 415. The third kappa shape index (κ3) is 2.38. The standard InChI is InChI=1S/C14H17NO/c1-14(2)7-3-4-11(8-14)12-5-6-13(10-16)15-9-12/h4-6,9-10H,3,7-8H2,1-2H3. The van der Waals surface area contributed by atoms with Crippen LogP contribution in [0.2, 0.25) is 0 Å². The van der Waals surface area contributed by atoms with E-state index in [1.54, 1.807) is 12.3 Å². The SMILES string of the molecule is CC1(C)CCC=C(c2ccc(C=O)nc2)C1. The maximum Gasteiger partial charge on any atom is 0.168 e. The van der Waals surface area contributed by atoms with E-state index in [1.165, 1.54) is 12.0 Å². The summed E-state index contributed by atoms with van der Waals surface area (Å²) in [4.78, 5) is 14.6. The van der Waals surface area contributed by atoms with Crippen LogP contribution >= 0.6 is 0 Å². The van der Waals surface area contributed by atoms with Crippen molar-refractivity contribution in [2.45, 2.75) is 33.1 Å². The molecule has 1 aliphatic carbocycles. The fourth-order valence-corrected chi connectivity index (χ4v) is 2.20. The van der Waals surface area contributed by atoms with Crippen molar-refractivity contribution in [2.24, 2.45) is 5.41 Å². The van der Waals surface area contributed by atoms with Crippen LogP contribution in [0.5, 0.6) is 0 Å². The van der Waals surface area contributed by atoms with Crippen LogP contribution in [-0.2, 0) is 0 Å². The molecule has 1 aromatic heterocycles. The van der Waals surface area contributed by atoms with Gasteiger partial charge in [-0.3, -0.25) is 9.78 Å². The molecule has 0 saturated carbocycles. The van der Waals surface area contributed by atoms with E-state index >= 15 is 0 Å². The van der Waals surface area contributed by atoms with E-state index in [1.807, 2.05) is 6.07 Å². The number of aromatic nitrogens is 1. The minimum atomic E-state index is 0.382. The van der Waals surface area contributed by atoms with Gasteiger partial charge in [-0.15, -0.1) is 0 Å². The van der Waals surface area contributed by atoms with Crippen molar-refractivity contribution in [1.29, 1.82) is 0 Å². The zero-order valence-electron chi connectivity index (χ0n) is 9.86. The summed E-state index contributed by atoms with van der Waals surface area (Å²) in [5, 5.41) is 0. The molecule has 0 aromatic carbocycles. The lowest BCUT2D eigenvalue weighted by Gasteiger charge is -2.29. The first-order valence-corrected chi connectivity index (χ1v) is 5.71. The maximum absolute atomic E-state index is 10.5. The molecule has 84 valence electrons. The number of nitrogens with zero attached hydrogens (tertiary/aromatic N) is 1. The minimum absolute atomic E-state index is 0.382. The Morgan fingerprint density at radius 1 is 1.38 bits per heavy atom. The molecule has 0 unspecified atom stereocenters. The largest absolute Gasteiger partial charge is 0.296 e. The lowest BCUT2D eigenvalue weighted by Crippen LogP contribution is -2.15. The van der Waals surface area contributed by atoms with Gasteiger partial charge in [-0.2, -0.15) is 0 Å². The predicted molar refractivity (Wildman–Crippen MR) is 65.2 cm³/mol. The molecule has 0 saturated heterocycles. The van der Waals surface area contributed by atoms with Crippen molar-refractivity contribution in [1.82, 2.24) is 4.98 Å². The quantitative estimate of drug-likeness (QED) is 0.707. The highest BCUT2D eigenvalue weighted by Crippen LogP contribution is 2.38. The van der Waals surface area contributed by atoms with Gasteiger partial charge in [0.25, 0.3) is 0 Å². The van der Waals surface area contributed by atoms with E-state index in [4.69, 9.17) is 0 Å². The Balaban J connectivity index is 2.24. The molecule has 1 heterocycles. The molecule has 16 heavy (non-hydrogen) atoms. The van der Waals surface area contributed by atoms with Gasteiger partial charge < -0.3 is 0 Å². The smallest absolute Gasteiger partial charge is 0.168 e. The summed E-state index contributed by atoms with van der Waals surface area (Å²) in [5.41, 5.74) is 3.40. The number of allylic oxidation sites excluding steroid dienone is 2. The fraction of sp³-hybridized carbons (Fsp3) is 0.429. The van der Waals surface area contributed by atoms with E-state index in [0.717, 1.165) is 24.7 Å². The van der Waals surface area contributed by atoms with Crippen molar-refractivity contribution in [3.63, 3.8) is 0 Å². The van der Waals surface area contributed by atoms with Crippen LogP contribution in [0.1, 0.15) is 49.2 Å². The zero-order chi connectivity index (χ0) is 11.6. The summed E-state index contributed by atoms with van der Waals surface area (Å²) in [6.45, 7) is 4.60. The van der Waals surface area contributed by atoms with Gasteiger partial charge in [-0.1, -0.05) is 26.0 Å². The normalized spacial score (nSPS) is 19.0. The van der Waals surface area contributed by atoms with Crippen LogP contribution < -0.4 is 0 Å². The van der Waals surface area contributed by atoms with Crippen LogP contribution in [0.25, 0.3) is 5.57 Å². The maximum atomic E-state index is 10.5. The van der Waals surface area contributed by atoms with Crippen LogP contribution in [0.15, 0.2) is 24.4 Å². The van der Waals surface area contributed by atoms with Crippen LogP contribution in [0.4, 0.5) is 0 Å². The first-order valence-electron chi connectivity index (χ1n) is 5.71. The van der Waals surface area contributed by atoms with Crippen LogP contribution in [-0.4, -0.2) is 11.3 Å². The van der Waals surface area contributed by atoms with Gasteiger partial charge in [0.05, 0.1) is 0 Å². The van der Waals surface area contributed by atoms with Crippen molar-refractivity contribution >= 4 is 11.9 Å². The second kappa shape index (κ2) is 4.20. The number of hydrogen-bond donors (Lipinski definition) is 0. The van der Waals surface area contributed by atoms with Crippen LogP contribution in [0.3, 0.4) is 0 Å². The van der Waals surface area contributed by atoms with E-state index in [2.05, 4.69) is 24.9 Å². The number of aldehydes is 1. The summed E-state index contributed by atoms with van der Waals surface area (Å²) in [7, 11) is 0. The summed E-state index contributed by atoms with van der Waals surface area (Å²) >= 11 is 0. The molecule has 2 heteroatoms. The number of hydrogen-bond acceptors (Lipinski definition) is 2. The molecule has 1 aromatic rings. The van der Waals surface area contributed by atoms with E-state index < -0.39 is 0 Å². The van der Waals surface area contributed by atoms with E-state index in [0.29, 0.717) is 11.1 Å². The molecule has 2 rings (SSSR count). The molecule has 0 atom stereocenters. The highest BCUT2D eigenvalue weighted by molar-refractivity contribution is 5.73. The number of carbonyl (C=O) groups is 1. The lowest BCUT2D eigenvalue weighted by atomic mass is 9.76. The molecule has 0 spiro atoms. The topological polar surface area (TPSA) is 30.0 Å². The van der Waals surface area contributed by atoms with Gasteiger partial charge in [-0.25, -0.2) is 0 Å². The average Bonchev–Trinajstić information content (AvgIpc) is 2.28. The van der Waals surface area contributed by atoms with Crippen molar-refractivity contribution in [3.05, 3.63) is 35.7 Å². The Labute approximate surface area is 96.4 Å². The van der Waals surface area contributed by atoms with Gasteiger partial charge in [0.2, 0.25) is 0 Å². The number of carbonyl (C=O) groups excluding carboxylic acids is 1. The summed E-state index contributed by atoms with van der Waals surface area (Å²) in [6.07, 6.45) is 8.35. The molecule has 0 aliphatic heterocycles. The summed E-state index contributed by atoms with van der Waals surface area (Å²) in [5.74, 6) is 0. The van der Waals surface area contributed by atoms with Gasteiger partial charge in [-0.05, 0) is 41.9 Å². The van der Waals surface area contributed by atoms with E-state index in [-0.39, 0.29) is 0 Å². The molecule has 0 N–H and O–H groups in total. The Morgan fingerprint density at radius 3 is 2.75 bits per heavy atom. The molecule has 0 amide bonds. The second-order valence-electron chi connectivity index (χ2n) is 5.20. The van der Waals surface area contributed by atoms with Crippen molar-refractivity contribution in [2.75, 3.05) is 0 Å². The summed E-state index contributed by atoms with van der Waals surface area (Å²) < 4.78 is 0. The van der Waals surface area contributed by atoms with Gasteiger partial charge in [0, 0.05) is 6.20 Å². The van der Waals surface area contributed by atoms with Crippen molar-refractivity contribution in [3.8, 4) is 0 Å². The molecule has 2 nitrogen and oxygen atoms in total. The Hall–Kier alpha value is -1.44. The lowest BCUT2D eigenvalue weighted by molar-refractivity contribution is 0.111. The first-order chi connectivity index (χ1) is 7.61. The van der Waals surface area contributed by atoms with Gasteiger partial charge in [0.1, 0.15) is 5.69 Å². The van der Waals surface area contributed by atoms with Crippen molar-refractivity contribution < 1.29 is 4.79 Å². The molecule has 0 bridgehead atoms. The van der Waals surface area contributed by atoms with Crippen LogP contribution in [0, 0.1) is 5.41 Å². The first kappa shape index (κ1) is 11.1. The highest BCUT2D eigenvalue weighted by Gasteiger charge is 2.23. The molecular formula is C14H17NO. The molecule has 1 aliphatic rings.